The predicted octanol–water partition coefficient (Wildman–Crippen LogP) is 4.32. The number of hydrogen-bond acceptors (Lipinski definition) is 3. The second-order valence-corrected chi connectivity index (χ2v) is 5.41. The lowest BCUT2D eigenvalue weighted by atomic mass is 10.1. The molecule has 0 amide bonds. The predicted molar refractivity (Wildman–Crippen MR) is 89.6 cm³/mol. The summed E-state index contributed by atoms with van der Waals surface area (Å²) in [6, 6.07) is 9.45. The van der Waals surface area contributed by atoms with Gasteiger partial charge in [0.15, 0.2) is 0 Å². The number of halogens is 2. The smallest absolute Gasteiger partial charge is 0.111 e. The number of benzene rings is 1. The van der Waals surface area contributed by atoms with Gasteiger partial charge in [-0.2, -0.15) is 0 Å². The van der Waals surface area contributed by atoms with Gasteiger partial charge in [-0.3, -0.25) is 9.98 Å². The molecule has 0 spiro atoms. The van der Waals surface area contributed by atoms with Crippen molar-refractivity contribution in [3.05, 3.63) is 63.9 Å². The highest BCUT2D eigenvalue weighted by Crippen LogP contribution is 2.23. The molecule has 1 aliphatic rings. The van der Waals surface area contributed by atoms with Crippen LogP contribution in [0.2, 0.25) is 10.0 Å². The quantitative estimate of drug-likeness (QED) is 0.895. The zero-order valence-electron chi connectivity index (χ0n) is 11.2. The zero-order valence-corrected chi connectivity index (χ0v) is 12.7. The third kappa shape index (κ3) is 3.26. The topological polar surface area (TPSA) is 37.3 Å². The number of nitrogens with one attached hydrogen (secondary N) is 1. The zero-order chi connectivity index (χ0) is 14.7. The van der Waals surface area contributed by atoms with E-state index >= 15 is 0 Å². The number of allylic oxidation sites excluding steroid dienone is 1. The Morgan fingerprint density at radius 1 is 1.10 bits per heavy atom. The molecule has 1 aromatic heterocycles. The molecular formula is C16H13Cl2N3. The normalized spacial score (nSPS) is 14.3. The number of pyridine rings is 1. The van der Waals surface area contributed by atoms with Crippen molar-refractivity contribution in [2.45, 2.75) is 0 Å². The van der Waals surface area contributed by atoms with Gasteiger partial charge < -0.3 is 5.32 Å². The van der Waals surface area contributed by atoms with Crippen LogP contribution in [0.25, 0.3) is 6.08 Å². The Morgan fingerprint density at radius 3 is 2.86 bits per heavy atom. The summed E-state index contributed by atoms with van der Waals surface area (Å²) in [6.45, 7) is 1.53. The van der Waals surface area contributed by atoms with Crippen molar-refractivity contribution in [3.63, 3.8) is 0 Å². The molecule has 106 valence electrons. The van der Waals surface area contributed by atoms with E-state index in [1.54, 1.807) is 12.3 Å². The van der Waals surface area contributed by atoms with Crippen molar-refractivity contribution in [3.8, 4) is 0 Å². The molecule has 1 aliphatic heterocycles. The highest BCUT2D eigenvalue weighted by molar-refractivity contribution is 6.42. The highest BCUT2D eigenvalue weighted by atomic mass is 35.5. The molecule has 5 heteroatoms. The number of nitrogens with zero attached hydrogens (tertiary/aromatic N) is 2. The lowest BCUT2D eigenvalue weighted by Gasteiger charge is -2.05. The number of rotatable bonds is 2. The minimum Gasteiger partial charge on any atom is -0.381 e. The lowest BCUT2D eigenvalue weighted by Crippen LogP contribution is -2.04. The first-order chi connectivity index (χ1) is 10.2. The molecule has 3 rings (SSSR count). The largest absolute Gasteiger partial charge is 0.381 e. The van der Waals surface area contributed by atoms with Crippen LogP contribution in [0.5, 0.6) is 0 Å². The fraction of sp³-hybridized carbons (Fsp3) is 0.125. The van der Waals surface area contributed by atoms with Crippen LogP contribution in [-0.2, 0) is 0 Å². The van der Waals surface area contributed by atoms with Crippen molar-refractivity contribution in [1.29, 1.82) is 0 Å². The van der Waals surface area contributed by atoms with Crippen molar-refractivity contribution in [2.75, 3.05) is 18.4 Å². The van der Waals surface area contributed by atoms with Crippen molar-refractivity contribution in [1.82, 2.24) is 4.98 Å². The van der Waals surface area contributed by atoms with Gasteiger partial charge in [0.05, 0.1) is 28.0 Å². The van der Waals surface area contributed by atoms with Crippen LogP contribution in [0.1, 0.15) is 11.3 Å². The van der Waals surface area contributed by atoms with Crippen LogP contribution in [0.3, 0.4) is 0 Å². The fourth-order valence-electron chi connectivity index (χ4n) is 2.12. The molecule has 0 aliphatic carbocycles. The third-order valence-electron chi connectivity index (χ3n) is 3.14. The summed E-state index contributed by atoms with van der Waals surface area (Å²) in [5.74, 6) is 0. The highest BCUT2D eigenvalue weighted by Gasteiger charge is 2.10. The van der Waals surface area contributed by atoms with Crippen molar-refractivity contribution >= 4 is 40.7 Å². The maximum absolute atomic E-state index is 6.02. The summed E-state index contributed by atoms with van der Waals surface area (Å²) >= 11 is 11.9. The van der Waals surface area contributed by atoms with Gasteiger partial charge in [0.1, 0.15) is 5.69 Å². The Morgan fingerprint density at radius 2 is 2.00 bits per heavy atom. The Balaban J connectivity index is 1.92. The van der Waals surface area contributed by atoms with E-state index < -0.39 is 0 Å². The van der Waals surface area contributed by atoms with Crippen LogP contribution in [-0.4, -0.2) is 23.8 Å². The molecule has 2 heterocycles. The number of anilines is 1. The summed E-state index contributed by atoms with van der Waals surface area (Å²) in [4.78, 5) is 8.98. The minimum absolute atomic E-state index is 0.543. The number of aliphatic imine (C=N–C) groups is 1. The monoisotopic (exact) mass is 317 g/mol. The number of fused-ring (bicyclic) bond motifs is 1. The molecule has 2 aromatic rings. The van der Waals surface area contributed by atoms with Gasteiger partial charge in [0.25, 0.3) is 0 Å². The number of hydrogen-bond donors (Lipinski definition) is 1. The second kappa shape index (κ2) is 6.29. The Hall–Kier alpha value is -1.84. The third-order valence-corrected chi connectivity index (χ3v) is 3.88. The van der Waals surface area contributed by atoms with E-state index in [9.17, 15) is 0 Å². The van der Waals surface area contributed by atoms with E-state index in [2.05, 4.69) is 15.3 Å². The average molecular weight is 318 g/mol. The molecule has 3 nitrogen and oxygen atoms in total. The van der Waals surface area contributed by atoms with E-state index in [0.717, 1.165) is 35.7 Å². The van der Waals surface area contributed by atoms with Gasteiger partial charge in [-0.15, -0.1) is 0 Å². The molecule has 1 aromatic carbocycles. The molecule has 21 heavy (non-hydrogen) atoms. The Kier molecular flexibility index (Phi) is 4.23. The van der Waals surface area contributed by atoms with Gasteiger partial charge in [-0.1, -0.05) is 35.3 Å². The van der Waals surface area contributed by atoms with Gasteiger partial charge in [0.2, 0.25) is 0 Å². The van der Waals surface area contributed by atoms with Crippen molar-refractivity contribution < 1.29 is 0 Å². The summed E-state index contributed by atoms with van der Waals surface area (Å²) in [5, 5.41) is 4.42. The molecule has 0 saturated heterocycles. The fourth-order valence-corrected chi connectivity index (χ4v) is 2.42. The molecular weight excluding hydrogens is 305 g/mol. The van der Waals surface area contributed by atoms with Gasteiger partial charge in [-0.25, -0.2) is 0 Å². The van der Waals surface area contributed by atoms with Gasteiger partial charge in [-0.05, 0) is 35.9 Å². The summed E-state index contributed by atoms with van der Waals surface area (Å²) in [7, 11) is 0. The van der Waals surface area contributed by atoms with Crippen LogP contribution >= 0.6 is 23.2 Å². The summed E-state index contributed by atoms with van der Waals surface area (Å²) in [6.07, 6.45) is 5.69. The first kappa shape index (κ1) is 14.1. The second-order valence-electron chi connectivity index (χ2n) is 4.60. The first-order valence-corrected chi connectivity index (χ1v) is 7.36. The van der Waals surface area contributed by atoms with Crippen LogP contribution in [0.15, 0.2) is 47.6 Å². The number of aromatic nitrogens is 1. The standard InChI is InChI=1S/C16H13Cl2N3/c17-12-5-3-11(10-13(12)18)4-6-15-16-14(2-1-7-21-16)19-8-9-20-15/h1-7,10,19H,8-9H2/b6-4+. The van der Waals surface area contributed by atoms with Crippen molar-refractivity contribution in [2.24, 2.45) is 4.99 Å². The van der Waals surface area contributed by atoms with E-state index in [1.165, 1.54) is 0 Å². The van der Waals surface area contributed by atoms with E-state index in [-0.39, 0.29) is 0 Å². The summed E-state index contributed by atoms with van der Waals surface area (Å²) < 4.78 is 0. The van der Waals surface area contributed by atoms with Gasteiger partial charge in [0, 0.05) is 12.7 Å². The van der Waals surface area contributed by atoms with E-state index in [1.807, 2.05) is 36.4 Å². The Labute approximate surface area is 133 Å². The van der Waals surface area contributed by atoms with Gasteiger partial charge >= 0.3 is 0 Å². The molecule has 0 bridgehead atoms. The maximum Gasteiger partial charge on any atom is 0.111 e. The lowest BCUT2D eigenvalue weighted by molar-refractivity contribution is 1.04. The molecule has 0 radical (unpaired) electrons. The molecule has 0 unspecified atom stereocenters. The summed E-state index contributed by atoms with van der Waals surface area (Å²) in [5.41, 5.74) is 3.71. The first-order valence-electron chi connectivity index (χ1n) is 6.61. The molecule has 0 atom stereocenters. The maximum atomic E-state index is 6.02. The molecule has 1 N–H and O–H groups in total. The molecule has 0 saturated carbocycles. The Bertz CT molecular complexity index is 723. The van der Waals surface area contributed by atoms with Crippen LogP contribution in [0.4, 0.5) is 5.69 Å². The average Bonchev–Trinajstić information content (AvgIpc) is 2.71. The SMILES string of the molecule is Clc1ccc(/C=C/C2=NCCNc3cccnc32)cc1Cl. The van der Waals surface area contributed by atoms with Crippen LogP contribution < -0.4 is 5.32 Å². The van der Waals surface area contributed by atoms with Crippen LogP contribution in [0, 0.1) is 0 Å². The van der Waals surface area contributed by atoms with E-state index in [0.29, 0.717) is 10.0 Å². The van der Waals surface area contributed by atoms with E-state index in [4.69, 9.17) is 23.2 Å². The molecule has 0 fully saturated rings. The minimum atomic E-state index is 0.543.